The van der Waals surface area contributed by atoms with Crippen LogP contribution in [-0.4, -0.2) is 35.4 Å². The number of aliphatic hydroxyl groups excluding tert-OH is 1. The van der Waals surface area contributed by atoms with Gasteiger partial charge in [0.2, 0.25) is 5.89 Å². The zero-order chi connectivity index (χ0) is 10.1. The monoisotopic (exact) mass is 197 g/mol. The molecular formula is C9H15N3O2. The topological polar surface area (TPSA) is 62.4 Å². The Bertz CT molecular complexity index is 307. The molecule has 1 aromatic rings. The standard InChI is InChI=1S/C9H15N3O2/c1-12(2)9-10-8(14-11-9)5-7(13)6-3-4-6/h6-7,13H,3-5H2,1-2H3. The van der Waals surface area contributed by atoms with Crippen molar-refractivity contribution in [1.82, 2.24) is 10.1 Å². The first-order valence-corrected chi connectivity index (χ1v) is 4.85. The van der Waals surface area contributed by atoms with E-state index in [0.717, 1.165) is 12.8 Å². The van der Waals surface area contributed by atoms with E-state index >= 15 is 0 Å². The van der Waals surface area contributed by atoms with Crippen LogP contribution < -0.4 is 4.90 Å². The third kappa shape index (κ3) is 2.04. The highest BCUT2D eigenvalue weighted by atomic mass is 16.5. The molecule has 1 saturated carbocycles. The maximum Gasteiger partial charge on any atom is 0.265 e. The van der Waals surface area contributed by atoms with Gasteiger partial charge < -0.3 is 14.5 Å². The minimum Gasteiger partial charge on any atom is -0.392 e. The molecule has 1 aromatic heterocycles. The molecule has 2 rings (SSSR count). The molecule has 0 aliphatic heterocycles. The molecule has 1 aliphatic carbocycles. The molecule has 5 heteroatoms. The van der Waals surface area contributed by atoms with E-state index in [1.807, 2.05) is 14.1 Å². The molecule has 1 fully saturated rings. The Balaban J connectivity index is 1.95. The number of hydrogen-bond acceptors (Lipinski definition) is 5. The molecule has 0 bridgehead atoms. The molecule has 0 radical (unpaired) electrons. The average molecular weight is 197 g/mol. The summed E-state index contributed by atoms with van der Waals surface area (Å²) in [5.74, 6) is 1.53. The molecule has 1 N–H and O–H groups in total. The summed E-state index contributed by atoms with van der Waals surface area (Å²) in [5, 5.41) is 13.4. The van der Waals surface area contributed by atoms with E-state index in [1.165, 1.54) is 0 Å². The summed E-state index contributed by atoms with van der Waals surface area (Å²) in [6, 6.07) is 0. The Labute approximate surface area is 82.7 Å². The SMILES string of the molecule is CN(C)c1noc(CC(O)C2CC2)n1. The first-order valence-electron chi connectivity index (χ1n) is 4.85. The van der Waals surface area contributed by atoms with Gasteiger partial charge >= 0.3 is 0 Å². The van der Waals surface area contributed by atoms with Gasteiger partial charge in [0.1, 0.15) is 0 Å². The number of hydrogen-bond donors (Lipinski definition) is 1. The van der Waals surface area contributed by atoms with Crippen LogP contribution in [0.5, 0.6) is 0 Å². The predicted molar refractivity (Wildman–Crippen MR) is 51.1 cm³/mol. The van der Waals surface area contributed by atoms with Gasteiger partial charge in [-0.2, -0.15) is 4.98 Å². The van der Waals surface area contributed by atoms with Crippen molar-refractivity contribution in [3.8, 4) is 0 Å². The Kier molecular flexibility index (Phi) is 2.41. The molecule has 5 nitrogen and oxygen atoms in total. The summed E-state index contributed by atoms with van der Waals surface area (Å²) in [6.07, 6.45) is 2.41. The minimum atomic E-state index is -0.314. The van der Waals surface area contributed by atoms with Gasteiger partial charge in [-0.1, -0.05) is 0 Å². The van der Waals surface area contributed by atoms with E-state index in [-0.39, 0.29) is 6.10 Å². The molecular weight excluding hydrogens is 182 g/mol. The molecule has 0 aromatic carbocycles. The minimum absolute atomic E-state index is 0.314. The van der Waals surface area contributed by atoms with Crippen molar-refractivity contribution in [2.75, 3.05) is 19.0 Å². The second kappa shape index (κ2) is 3.57. The van der Waals surface area contributed by atoms with Gasteiger partial charge in [0.15, 0.2) is 0 Å². The lowest BCUT2D eigenvalue weighted by Crippen LogP contribution is -2.13. The molecule has 1 heterocycles. The highest BCUT2D eigenvalue weighted by Gasteiger charge is 2.31. The van der Waals surface area contributed by atoms with Crippen LogP contribution in [0, 0.1) is 5.92 Å². The summed E-state index contributed by atoms with van der Waals surface area (Å²) in [4.78, 5) is 5.92. The lowest BCUT2D eigenvalue weighted by atomic mass is 10.2. The normalized spacial score (nSPS) is 18.2. The number of anilines is 1. The molecule has 78 valence electrons. The molecule has 1 aliphatic rings. The number of aromatic nitrogens is 2. The summed E-state index contributed by atoms with van der Waals surface area (Å²) < 4.78 is 5.01. The van der Waals surface area contributed by atoms with Gasteiger partial charge in [-0.25, -0.2) is 0 Å². The van der Waals surface area contributed by atoms with Gasteiger partial charge in [0, 0.05) is 14.1 Å². The van der Waals surface area contributed by atoms with Crippen molar-refractivity contribution in [3.63, 3.8) is 0 Å². The van der Waals surface area contributed by atoms with E-state index in [2.05, 4.69) is 10.1 Å². The van der Waals surface area contributed by atoms with Crippen molar-refractivity contribution in [1.29, 1.82) is 0 Å². The van der Waals surface area contributed by atoms with Crippen molar-refractivity contribution in [2.45, 2.75) is 25.4 Å². The Morgan fingerprint density at radius 2 is 2.29 bits per heavy atom. The van der Waals surface area contributed by atoms with E-state index in [1.54, 1.807) is 4.90 Å². The quantitative estimate of drug-likeness (QED) is 0.759. The maximum atomic E-state index is 9.65. The highest BCUT2D eigenvalue weighted by molar-refractivity contribution is 5.23. The van der Waals surface area contributed by atoms with E-state index in [4.69, 9.17) is 4.52 Å². The fourth-order valence-electron chi connectivity index (χ4n) is 1.34. The fourth-order valence-corrected chi connectivity index (χ4v) is 1.34. The zero-order valence-corrected chi connectivity index (χ0v) is 8.47. The van der Waals surface area contributed by atoms with Crippen molar-refractivity contribution >= 4 is 5.95 Å². The molecule has 1 unspecified atom stereocenters. The maximum absolute atomic E-state index is 9.65. The number of aliphatic hydroxyl groups is 1. The second-order valence-corrected chi connectivity index (χ2v) is 3.99. The van der Waals surface area contributed by atoms with Crippen LogP contribution in [0.2, 0.25) is 0 Å². The van der Waals surface area contributed by atoms with E-state index in [0.29, 0.717) is 24.2 Å². The lowest BCUT2D eigenvalue weighted by Gasteiger charge is -2.04. The first-order chi connectivity index (χ1) is 6.66. The summed E-state index contributed by atoms with van der Waals surface area (Å²) in [7, 11) is 3.71. The van der Waals surface area contributed by atoms with Gasteiger partial charge in [-0.15, -0.1) is 0 Å². The smallest absolute Gasteiger partial charge is 0.265 e. The van der Waals surface area contributed by atoms with Crippen molar-refractivity contribution < 1.29 is 9.63 Å². The zero-order valence-electron chi connectivity index (χ0n) is 8.47. The van der Waals surface area contributed by atoms with Crippen LogP contribution >= 0.6 is 0 Å². The third-order valence-electron chi connectivity index (χ3n) is 2.41. The van der Waals surface area contributed by atoms with Crippen molar-refractivity contribution in [2.24, 2.45) is 5.92 Å². The molecule has 0 spiro atoms. The number of rotatable bonds is 4. The highest BCUT2D eigenvalue weighted by Crippen LogP contribution is 2.33. The Morgan fingerprint density at radius 3 is 2.79 bits per heavy atom. The van der Waals surface area contributed by atoms with Gasteiger partial charge in [-0.05, 0) is 23.9 Å². The van der Waals surface area contributed by atoms with Gasteiger partial charge in [-0.3, -0.25) is 0 Å². The average Bonchev–Trinajstić information content (AvgIpc) is 2.87. The van der Waals surface area contributed by atoms with Crippen LogP contribution in [0.3, 0.4) is 0 Å². The lowest BCUT2D eigenvalue weighted by molar-refractivity contribution is 0.140. The molecule has 1 atom stereocenters. The van der Waals surface area contributed by atoms with E-state index in [9.17, 15) is 5.11 Å². The largest absolute Gasteiger partial charge is 0.392 e. The summed E-state index contributed by atoms with van der Waals surface area (Å²) in [6.45, 7) is 0. The van der Waals surface area contributed by atoms with Crippen LogP contribution in [0.4, 0.5) is 5.95 Å². The van der Waals surface area contributed by atoms with Crippen LogP contribution in [0.1, 0.15) is 18.7 Å². The second-order valence-electron chi connectivity index (χ2n) is 3.99. The third-order valence-corrected chi connectivity index (χ3v) is 2.41. The van der Waals surface area contributed by atoms with Gasteiger partial charge in [0.25, 0.3) is 5.95 Å². The summed E-state index contributed by atoms with van der Waals surface area (Å²) >= 11 is 0. The molecule has 14 heavy (non-hydrogen) atoms. The molecule has 0 saturated heterocycles. The summed E-state index contributed by atoms with van der Waals surface area (Å²) in [5.41, 5.74) is 0. The fraction of sp³-hybridized carbons (Fsp3) is 0.778. The van der Waals surface area contributed by atoms with Crippen LogP contribution in [0.15, 0.2) is 4.52 Å². The number of nitrogens with zero attached hydrogens (tertiary/aromatic N) is 3. The molecule has 0 amide bonds. The van der Waals surface area contributed by atoms with Crippen molar-refractivity contribution in [3.05, 3.63) is 5.89 Å². The van der Waals surface area contributed by atoms with Crippen LogP contribution in [0.25, 0.3) is 0 Å². The first kappa shape index (κ1) is 9.45. The van der Waals surface area contributed by atoms with Crippen LogP contribution in [-0.2, 0) is 6.42 Å². The van der Waals surface area contributed by atoms with E-state index < -0.39 is 0 Å². The van der Waals surface area contributed by atoms with Gasteiger partial charge in [0.05, 0.1) is 12.5 Å². The Morgan fingerprint density at radius 1 is 1.57 bits per heavy atom. The Hall–Kier alpha value is -1.10. The predicted octanol–water partition coefficient (Wildman–Crippen LogP) is 0.449.